The van der Waals surface area contributed by atoms with E-state index in [4.69, 9.17) is 15.2 Å². The fourth-order valence-electron chi connectivity index (χ4n) is 2.09. The first kappa shape index (κ1) is 21.2. The first-order valence-electron chi connectivity index (χ1n) is 8.47. The molecule has 1 heterocycles. The summed E-state index contributed by atoms with van der Waals surface area (Å²) in [4.78, 5) is 28.1. The number of esters is 1. The molecule has 1 atom stereocenters. The first-order chi connectivity index (χ1) is 11.7. The van der Waals surface area contributed by atoms with Gasteiger partial charge in [0.15, 0.2) is 0 Å². The minimum atomic E-state index is -1.28. The van der Waals surface area contributed by atoms with Crippen molar-refractivity contribution in [1.82, 2.24) is 14.9 Å². The molecule has 1 amide bonds. The van der Waals surface area contributed by atoms with Gasteiger partial charge in [0.25, 0.3) is 0 Å². The number of ether oxygens (including phenoxy) is 2. The zero-order valence-electron chi connectivity index (χ0n) is 15.6. The Morgan fingerprint density at radius 2 is 2.12 bits per heavy atom. The summed E-state index contributed by atoms with van der Waals surface area (Å²) >= 11 is 0. The summed E-state index contributed by atoms with van der Waals surface area (Å²) in [6, 6.07) is 0.0386. The smallest absolute Gasteiger partial charge is 0.407 e. The molecular weight excluding hydrogens is 340 g/mol. The van der Waals surface area contributed by atoms with E-state index in [9.17, 15) is 9.59 Å². The van der Waals surface area contributed by atoms with Crippen LogP contribution in [0.2, 0.25) is 25.7 Å². The lowest BCUT2D eigenvalue weighted by molar-refractivity contribution is -0.143. The molecule has 0 aromatic carbocycles. The number of aryl methyl sites for hydroxylation is 1. The molecule has 0 aliphatic heterocycles. The molecular formula is C16H30N4O4Si. The third kappa shape index (κ3) is 8.68. The number of alkyl carbamates (subject to hydrolysis) is 1. The molecule has 9 heteroatoms. The largest absolute Gasteiger partial charge is 0.467 e. The van der Waals surface area contributed by atoms with Gasteiger partial charge in [0.05, 0.1) is 25.7 Å². The van der Waals surface area contributed by atoms with Crippen LogP contribution in [0.3, 0.4) is 0 Å². The number of nitrogens with zero attached hydrogens (tertiary/aromatic N) is 2. The Labute approximate surface area is 150 Å². The monoisotopic (exact) mass is 370 g/mol. The number of nitrogens with one attached hydrogen (secondary N) is 1. The van der Waals surface area contributed by atoms with Crippen molar-refractivity contribution in [3.8, 4) is 0 Å². The second-order valence-electron chi connectivity index (χ2n) is 7.12. The average Bonchev–Trinajstić information content (AvgIpc) is 2.97. The summed E-state index contributed by atoms with van der Waals surface area (Å²) in [7, 11) is 0.00475. The molecule has 142 valence electrons. The lowest BCUT2D eigenvalue weighted by Gasteiger charge is -2.18. The Balaban J connectivity index is 2.57. The molecule has 0 bridgehead atoms. The highest BCUT2D eigenvalue weighted by atomic mass is 28.3. The highest BCUT2D eigenvalue weighted by molar-refractivity contribution is 6.76. The predicted octanol–water partition coefficient (Wildman–Crippen LogP) is 1.38. The van der Waals surface area contributed by atoms with Gasteiger partial charge in [0, 0.05) is 27.2 Å². The number of nitrogens with two attached hydrogens (primary N) is 1. The highest BCUT2D eigenvalue weighted by Gasteiger charge is 2.24. The fourth-order valence-corrected chi connectivity index (χ4v) is 2.80. The molecule has 1 aromatic heterocycles. The summed E-state index contributed by atoms with van der Waals surface area (Å²) in [5.74, 6) is -0.529. The number of imidazole rings is 1. The van der Waals surface area contributed by atoms with E-state index in [1.54, 1.807) is 6.33 Å². The van der Waals surface area contributed by atoms with Crippen molar-refractivity contribution >= 4 is 20.1 Å². The standard InChI is InChI=1S/C16H30N4O4Si/c1-23-15(21)14(19-16(22)24-8-9-25(2,3)4)10-13-11-20(12-18-13)7-5-6-17/h11-12,14H,5-10,17H2,1-4H3,(H,19,22)/t14-/m0/s1. The van der Waals surface area contributed by atoms with Crippen molar-refractivity contribution in [1.29, 1.82) is 0 Å². The van der Waals surface area contributed by atoms with Gasteiger partial charge in [0.1, 0.15) is 6.04 Å². The second-order valence-corrected chi connectivity index (χ2v) is 12.7. The van der Waals surface area contributed by atoms with Crippen LogP contribution in [0.1, 0.15) is 12.1 Å². The highest BCUT2D eigenvalue weighted by Crippen LogP contribution is 2.08. The molecule has 0 spiro atoms. The summed E-state index contributed by atoms with van der Waals surface area (Å²) in [5, 5.41) is 2.57. The maximum Gasteiger partial charge on any atom is 0.407 e. The van der Waals surface area contributed by atoms with Gasteiger partial charge >= 0.3 is 12.1 Å². The van der Waals surface area contributed by atoms with Gasteiger partial charge in [-0.15, -0.1) is 0 Å². The number of rotatable bonds is 10. The molecule has 0 saturated carbocycles. The molecule has 0 aliphatic rings. The zero-order chi connectivity index (χ0) is 18.9. The number of carbonyl (C=O) groups is 2. The topological polar surface area (TPSA) is 108 Å². The third-order valence-corrected chi connectivity index (χ3v) is 5.29. The van der Waals surface area contributed by atoms with Crippen molar-refractivity contribution < 1.29 is 19.1 Å². The van der Waals surface area contributed by atoms with Crippen LogP contribution in [0.4, 0.5) is 4.79 Å². The molecule has 1 aromatic rings. The number of aromatic nitrogens is 2. The molecule has 0 unspecified atom stereocenters. The van der Waals surface area contributed by atoms with Crippen molar-refractivity contribution in [3.05, 3.63) is 18.2 Å². The van der Waals surface area contributed by atoms with E-state index < -0.39 is 26.2 Å². The summed E-state index contributed by atoms with van der Waals surface area (Å²) in [6.45, 7) is 8.32. The maximum atomic E-state index is 11.9. The lowest BCUT2D eigenvalue weighted by atomic mass is 10.1. The Morgan fingerprint density at radius 1 is 1.40 bits per heavy atom. The Bertz CT molecular complexity index is 557. The molecule has 0 fully saturated rings. The quantitative estimate of drug-likeness (QED) is 0.476. The van der Waals surface area contributed by atoms with E-state index in [1.807, 2.05) is 10.8 Å². The van der Waals surface area contributed by atoms with Crippen molar-refractivity contribution in [2.24, 2.45) is 5.73 Å². The second kappa shape index (κ2) is 10.2. The Hall–Kier alpha value is -1.87. The Kier molecular flexibility index (Phi) is 8.63. The molecule has 25 heavy (non-hydrogen) atoms. The van der Waals surface area contributed by atoms with Gasteiger partial charge in [-0.2, -0.15) is 0 Å². The third-order valence-electron chi connectivity index (χ3n) is 3.58. The Morgan fingerprint density at radius 3 is 2.72 bits per heavy atom. The summed E-state index contributed by atoms with van der Waals surface area (Å²) in [6.07, 6.45) is 4.00. The van der Waals surface area contributed by atoms with Crippen LogP contribution in [-0.4, -0.2) is 56.0 Å². The van der Waals surface area contributed by atoms with Gasteiger partial charge in [0.2, 0.25) is 0 Å². The van der Waals surface area contributed by atoms with E-state index in [-0.39, 0.29) is 6.42 Å². The maximum absolute atomic E-state index is 11.9. The molecule has 1 rings (SSSR count). The van der Waals surface area contributed by atoms with Gasteiger partial charge in [-0.3, -0.25) is 0 Å². The van der Waals surface area contributed by atoms with Crippen LogP contribution >= 0.6 is 0 Å². The summed E-state index contributed by atoms with van der Waals surface area (Å²) < 4.78 is 11.8. The molecule has 3 N–H and O–H groups in total. The minimum absolute atomic E-state index is 0.241. The molecule has 8 nitrogen and oxygen atoms in total. The zero-order valence-corrected chi connectivity index (χ0v) is 16.6. The van der Waals surface area contributed by atoms with Crippen LogP contribution in [0.25, 0.3) is 0 Å². The van der Waals surface area contributed by atoms with Crippen LogP contribution in [0.5, 0.6) is 0 Å². The van der Waals surface area contributed by atoms with Gasteiger partial charge in [-0.1, -0.05) is 19.6 Å². The average molecular weight is 371 g/mol. The molecule has 0 saturated heterocycles. The normalized spacial score (nSPS) is 12.5. The van der Waals surface area contributed by atoms with E-state index in [2.05, 4.69) is 29.9 Å². The molecule has 0 radical (unpaired) electrons. The van der Waals surface area contributed by atoms with Gasteiger partial charge in [-0.05, 0) is 19.0 Å². The number of hydrogen-bond donors (Lipinski definition) is 2. The van der Waals surface area contributed by atoms with Gasteiger partial charge in [-0.25, -0.2) is 14.6 Å². The minimum Gasteiger partial charge on any atom is -0.467 e. The summed E-state index contributed by atoms with van der Waals surface area (Å²) in [5.41, 5.74) is 6.18. The fraction of sp³-hybridized carbons (Fsp3) is 0.688. The van der Waals surface area contributed by atoms with Gasteiger partial charge < -0.3 is 25.1 Å². The lowest BCUT2D eigenvalue weighted by Crippen LogP contribution is -2.43. The molecule has 0 aliphatic carbocycles. The number of carbonyl (C=O) groups excluding carboxylic acids is 2. The van der Waals surface area contributed by atoms with Crippen molar-refractivity contribution in [3.63, 3.8) is 0 Å². The van der Waals surface area contributed by atoms with E-state index in [1.165, 1.54) is 7.11 Å². The number of methoxy groups -OCH3 is 1. The SMILES string of the molecule is COC(=O)[C@H](Cc1cn(CCCN)cn1)NC(=O)OCC[Si](C)(C)C. The predicted molar refractivity (Wildman–Crippen MR) is 98.0 cm³/mol. The van der Waals surface area contributed by atoms with Crippen LogP contribution < -0.4 is 11.1 Å². The van der Waals surface area contributed by atoms with Crippen LogP contribution in [0, 0.1) is 0 Å². The van der Waals surface area contributed by atoms with E-state index in [0.29, 0.717) is 18.8 Å². The number of amides is 1. The van der Waals surface area contributed by atoms with E-state index >= 15 is 0 Å². The van der Waals surface area contributed by atoms with E-state index in [0.717, 1.165) is 19.0 Å². The first-order valence-corrected chi connectivity index (χ1v) is 12.2. The van der Waals surface area contributed by atoms with Crippen molar-refractivity contribution in [2.45, 2.75) is 51.1 Å². The number of hydrogen-bond acceptors (Lipinski definition) is 6. The van der Waals surface area contributed by atoms with Crippen LogP contribution in [0.15, 0.2) is 12.5 Å². The van der Waals surface area contributed by atoms with Crippen molar-refractivity contribution in [2.75, 3.05) is 20.3 Å². The van der Waals surface area contributed by atoms with Crippen LogP contribution in [-0.2, 0) is 27.2 Å².